The number of nitrogens with zero attached hydrogens (tertiary/aromatic N) is 1. The first-order valence-electron chi connectivity index (χ1n) is 7.26. The fraction of sp³-hybridized carbons (Fsp3) is 0.118. The molecule has 0 saturated carbocycles. The first kappa shape index (κ1) is 19.6. The van der Waals surface area contributed by atoms with Gasteiger partial charge in [-0.3, -0.25) is 9.59 Å². The number of carbonyl (C=O) groups excluding carboxylic acids is 2. The zero-order valence-corrected chi connectivity index (χ0v) is 15.4. The van der Waals surface area contributed by atoms with Gasteiger partial charge < -0.3 is 14.8 Å². The van der Waals surface area contributed by atoms with Gasteiger partial charge in [0.15, 0.2) is 0 Å². The summed E-state index contributed by atoms with van der Waals surface area (Å²) in [4.78, 5) is 23.7. The highest BCUT2D eigenvalue weighted by molar-refractivity contribution is 6.42. The van der Waals surface area contributed by atoms with Crippen LogP contribution in [0.15, 0.2) is 41.5 Å². The maximum atomic E-state index is 11.9. The minimum atomic E-state index is -0.950. The van der Waals surface area contributed by atoms with Crippen LogP contribution in [0, 0.1) is 0 Å². The molecular formula is C17H15Cl2N3O4. The summed E-state index contributed by atoms with van der Waals surface area (Å²) in [6, 6.07) is 9.54. The van der Waals surface area contributed by atoms with Crippen LogP contribution in [0.25, 0.3) is 0 Å². The molecule has 0 fully saturated rings. The van der Waals surface area contributed by atoms with E-state index >= 15 is 0 Å². The molecule has 0 aromatic heterocycles. The molecule has 2 rings (SSSR count). The number of hydrogen-bond donors (Lipinski definition) is 2. The van der Waals surface area contributed by atoms with E-state index in [0.29, 0.717) is 27.8 Å². The van der Waals surface area contributed by atoms with E-state index < -0.39 is 11.8 Å². The minimum absolute atomic E-state index is 0.257. The van der Waals surface area contributed by atoms with Gasteiger partial charge in [-0.15, -0.1) is 0 Å². The van der Waals surface area contributed by atoms with E-state index in [2.05, 4.69) is 15.8 Å². The second kappa shape index (κ2) is 9.07. The van der Waals surface area contributed by atoms with Crippen LogP contribution in [0.1, 0.15) is 5.56 Å². The third-order valence-corrected chi connectivity index (χ3v) is 3.93. The largest absolute Gasteiger partial charge is 0.497 e. The molecule has 0 unspecified atom stereocenters. The van der Waals surface area contributed by atoms with E-state index in [-0.39, 0.29) is 5.02 Å². The molecule has 0 radical (unpaired) electrons. The summed E-state index contributed by atoms with van der Waals surface area (Å²) in [5.74, 6) is -0.729. The second-order valence-electron chi connectivity index (χ2n) is 4.89. The lowest BCUT2D eigenvalue weighted by Gasteiger charge is -2.07. The number of ether oxygens (including phenoxy) is 2. The number of hydrogen-bond acceptors (Lipinski definition) is 5. The number of methoxy groups -OCH3 is 2. The topological polar surface area (TPSA) is 89.0 Å². The molecule has 2 amide bonds. The fourth-order valence-corrected chi connectivity index (χ4v) is 2.21. The van der Waals surface area contributed by atoms with Crippen molar-refractivity contribution in [1.82, 2.24) is 5.43 Å². The van der Waals surface area contributed by atoms with E-state index in [0.717, 1.165) is 0 Å². The van der Waals surface area contributed by atoms with Crippen LogP contribution in [0.4, 0.5) is 5.69 Å². The van der Waals surface area contributed by atoms with Gasteiger partial charge in [0.05, 0.1) is 30.5 Å². The van der Waals surface area contributed by atoms with Crippen LogP contribution in [0.2, 0.25) is 10.0 Å². The Morgan fingerprint density at radius 3 is 2.42 bits per heavy atom. The highest BCUT2D eigenvalue weighted by Gasteiger charge is 2.13. The van der Waals surface area contributed by atoms with Crippen LogP contribution >= 0.6 is 23.2 Å². The van der Waals surface area contributed by atoms with E-state index in [4.69, 9.17) is 32.7 Å². The number of anilines is 1. The molecule has 0 heterocycles. The molecule has 0 aliphatic carbocycles. The third-order valence-electron chi connectivity index (χ3n) is 3.19. The number of benzene rings is 2. The van der Waals surface area contributed by atoms with Gasteiger partial charge in [-0.2, -0.15) is 5.10 Å². The van der Waals surface area contributed by atoms with Crippen molar-refractivity contribution >= 4 is 46.9 Å². The van der Waals surface area contributed by atoms with Crippen molar-refractivity contribution in [3.05, 3.63) is 52.0 Å². The monoisotopic (exact) mass is 395 g/mol. The molecule has 0 atom stereocenters. The van der Waals surface area contributed by atoms with Gasteiger partial charge in [0.1, 0.15) is 11.5 Å². The van der Waals surface area contributed by atoms with Gasteiger partial charge >= 0.3 is 11.8 Å². The van der Waals surface area contributed by atoms with E-state index in [1.165, 1.54) is 38.6 Å². The molecule has 0 spiro atoms. The Morgan fingerprint density at radius 2 is 1.77 bits per heavy atom. The summed E-state index contributed by atoms with van der Waals surface area (Å²) in [5.41, 5.74) is 3.03. The lowest BCUT2D eigenvalue weighted by molar-refractivity contribution is -0.136. The van der Waals surface area contributed by atoms with Crippen LogP contribution in [-0.4, -0.2) is 32.2 Å². The summed E-state index contributed by atoms with van der Waals surface area (Å²) >= 11 is 11.6. The lowest BCUT2D eigenvalue weighted by atomic mass is 10.2. The Hall–Kier alpha value is -2.77. The molecule has 26 heavy (non-hydrogen) atoms. The number of rotatable bonds is 5. The van der Waals surface area contributed by atoms with Gasteiger partial charge in [-0.25, -0.2) is 5.43 Å². The molecule has 0 saturated heterocycles. The van der Waals surface area contributed by atoms with E-state index in [9.17, 15) is 9.59 Å². The standard InChI is InChI=1S/C17H15Cl2N3O4/c1-25-12-4-6-15(26-2)10(7-12)9-20-22-17(24)16(23)21-11-3-5-13(18)14(19)8-11/h3-9H,1-2H3,(H,21,23)(H,22,24)/b20-9+. The molecule has 7 nitrogen and oxygen atoms in total. The Morgan fingerprint density at radius 1 is 1.00 bits per heavy atom. The summed E-state index contributed by atoms with van der Waals surface area (Å²) in [7, 11) is 3.03. The van der Waals surface area contributed by atoms with Gasteiger partial charge in [-0.05, 0) is 36.4 Å². The molecule has 0 bridgehead atoms. The van der Waals surface area contributed by atoms with Crippen molar-refractivity contribution in [3.63, 3.8) is 0 Å². The van der Waals surface area contributed by atoms with Crippen molar-refractivity contribution in [1.29, 1.82) is 0 Å². The van der Waals surface area contributed by atoms with Crippen molar-refractivity contribution < 1.29 is 19.1 Å². The molecule has 0 aliphatic rings. The summed E-state index contributed by atoms with van der Waals surface area (Å²) < 4.78 is 10.3. The minimum Gasteiger partial charge on any atom is -0.497 e. The Balaban J connectivity index is 2.00. The van der Waals surface area contributed by atoms with E-state index in [1.807, 2.05) is 0 Å². The summed E-state index contributed by atoms with van der Waals surface area (Å²) in [6.07, 6.45) is 1.34. The third kappa shape index (κ3) is 5.11. The average molecular weight is 396 g/mol. The second-order valence-corrected chi connectivity index (χ2v) is 5.70. The first-order valence-corrected chi connectivity index (χ1v) is 8.01. The predicted octanol–water partition coefficient (Wildman–Crippen LogP) is 3.10. The van der Waals surface area contributed by atoms with Crippen molar-refractivity contribution in [3.8, 4) is 11.5 Å². The molecule has 2 N–H and O–H groups in total. The van der Waals surface area contributed by atoms with Crippen molar-refractivity contribution in [2.75, 3.05) is 19.5 Å². The van der Waals surface area contributed by atoms with Crippen molar-refractivity contribution in [2.45, 2.75) is 0 Å². The number of hydrazone groups is 1. The molecule has 9 heteroatoms. The van der Waals surface area contributed by atoms with Crippen molar-refractivity contribution in [2.24, 2.45) is 5.10 Å². The Bertz CT molecular complexity index is 856. The van der Waals surface area contributed by atoms with Gasteiger partial charge in [-0.1, -0.05) is 23.2 Å². The van der Waals surface area contributed by atoms with Crippen LogP contribution in [0.3, 0.4) is 0 Å². The Kier molecular flexibility index (Phi) is 6.82. The number of amides is 2. The Labute approximate surface area is 159 Å². The van der Waals surface area contributed by atoms with Crippen LogP contribution < -0.4 is 20.2 Å². The van der Waals surface area contributed by atoms with Gasteiger partial charge in [0.25, 0.3) is 0 Å². The smallest absolute Gasteiger partial charge is 0.329 e. The lowest BCUT2D eigenvalue weighted by Crippen LogP contribution is -2.32. The zero-order valence-electron chi connectivity index (χ0n) is 13.9. The zero-order chi connectivity index (χ0) is 19.1. The SMILES string of the molecule is COc1ccc(OC)c(/C=N/NC(=O)C(=O)Nc2ccc(Cl)c(Cl)c2)c1. The maximum absolute atomic E-state index is 11.9. The highest BCUT2D eigenvalue weighted by atomic mass is 35.5. The van der Waals surface area contributed by atoms with Crippen LogP contribution in [0.5, 0.6) is 11.5 Å². The van der Waals surface area contributed by atoms with Gasteiger partial charge in [0, 0.05) is 11.3 Å². The molecule has 136 valence electrons. The first-order chi connectivity index (χ1) is 12.4. The molecular weight excluding hydrogens is 381 g/mol. The van der Waals surface area contributed by atoms with Crippen LogP contribution in [-0.2, 0) is 9.59 Å². The predicted molar refractivity (Wildman–Crippen MR) is 100 cm³/mol. The number of nitrogens with one attached hydrogen (secondary N) is 2. The normalized spacial score (nSPS) is 10.5. The highest BCUT2D eigenvalue weighted by Crippen LogP contribution is 2.25. The number of halogens is 2. The maximum Gasteiger partial charge on any atom is 0.329 e. The molecule has 0 aliphatic heterocycles. The summed E-state index contributed by atoms with van der Waals surface area (Å²) in [6.45, 7) is 0. The number of carbonyl (C=O) groups is 2. The van der Waals surface area contributed by atoms with Gasteiger partial charge in [0.2, 0.25) is 0 Å². The fourth-order valence-electron chi connectivity index (χ4n) is 1.91. The molecule has 2 aromatic carbocycles. The van der Waals surface area contributed by atoms with E-state index in [1.54, 1.807) is 18.2 Å². The molecule has 2 aromatic rings. The quantitative estimate of drug-likeness (QED) is 0.462. The summed E-state index contributed by atoms with van der Waals surface area (Å²) in [5, 5.41) is 6.73. The average Bonchev–Trinajstić information content (AvgIpc) is 2.64.